The first-order chi connectivity index (χ1) is 11.1. The molecule has 0 unspecified atom stereocenters. The molecule has 124 valence electrons. The van der Waals surface area contributed by atoms with Gasteiger partial charge in [-0.05, 0) is 31.4 Å². The monoisotopic (exact) mass is 316 g/mol. The molecular weight excluding hydrogens is 292 g/mol. The van der Waals surface area contributed by atoms with Crippen molar-refractivity contribution in [2.24, 2.45) is 11.8 Å². The Bertz CT molecular complexity index is 561. The molecule has 0 aliphatic carbocycles. The van der Waals surface area contributed by atoms with Crippen molar-refractivity contribution in [3.05, 3.63) is 35.9 Å². The predicted molar refractivity (Wildman–Crippen MR) is 86.8 cm³/mol. The van der Waals surface area contributed by atoms with Gasteiger partial charge in [0.15, 0.2) is 0 Å². The molecule has 2 fully saturated rings. The highest BCUT2D eigenvalue weighted by Crippen LogP contribution is 2.24. The maximum Gasteiger partial charge on any atom is 0.308 e. The summed E-state index contributed by atoms with van der Waals surface area (Å²) in [6.07, 6.45) is 2.53. The van der Waals surface area contributed by atoms with Gasteiger partial charge in [-0.15, -0.1) is 0 Å². The first kappa shape index (κ1) is 16.0. The number of carbonyl (C=O) groups excluding carboxylic acids is 1. The second-order valence-corrected chi connectivity index (χ2v) is 6.67. The van der Waals surface area contributed by atoms with Crippen molar-refractivity contribution in [3.8, 4) is 0 Å². The molecule has 2 aliphatic rings. The van der Waals surface area contributed by atoms with Gasteiger partial charge in [-0.2, -0.15) is 0 Å². The van der Waals surface area contributed by atoms with E-state index < -0.39 is 5.97 Å². The van der Waals surface area contributed by atoms with E-state index in [2.05, 4.69) is 17.0 Å². The Kier molecular flexibility index (Phi) is 4.96. The molecule has 0 bridgehead atoms. The van der Waals surface area contributed by atoms with Crippen LogP contribution in [0.1, 0.15) is 24.8 Å². The standard InChI is InChI=1S/C18H24N2O3/c21-17(20-10-8-16(13-20)18(22)23)15-7-4-9-19(12-15)11-14-5-2-1-3-6-14/h1-3,5-6,15-16H,4,7-13H2,(H,22,23)/t15-,16-/m1/s1. The Morgan fingerprint density at radius 3 is 2.52 bits per heavy atom. The van der Waals surface area contributed by atoms with E-state index in [-0.39, 0.29) is 17.7 Å². The minimum atomic E-state index is -0.783. The summed E-state index contributed by atoms with van der Waals surface area (Å²) in [5.41, 5.74) is 1.27. The number of carboxylic acid groups (broad SMARTS) is 1. The molecule has 23 heavy (non-hydrogen) atoms. The predicted octanol–water partition coefficient (Wildman–Crippen LogP) is 1.83. The second kappa shape index (κ2) is 7.13. The molecule has 2 saturated heterocycles. The number of amides is 1. The minimum absolute atomic E-state index is 0.0139. The molecule has 1 N–H and O–H groups in total. The number of aliphatic carboxylic acids is 1. The van der Waals surface area contributed by atoms with Gasteiger partial charge in [0.1, 0.15) is 0 Å². The summed E-state index contributed by atoms with van der Waals surface area (Å²) in [4.78, 5) is 27.8. The van der Waals surface area contributed by atoms with Crippen LogP contribution < -0.4 is 0 Å². The normalized spacial score (nSPS) is 25.5. The molecule has 0 saturated carbocycles. The van der Waals surface area contributed by atoms with Gasteiger partial charge in [-0.1, -0.05) is 30.3 Å². The van der Waals surface area contributed by atoms with E-state index in [1.807, 2.05) is 18.2 Å². The fourth-order valence-corrected chi connectivity index (χ4v) is 3.66. The van der Waals surface area contributed by atoms with Crippen LogP contribution in [0.5, 0.6) is 0 Å². The van der Waals surface area contributed by atoms with Crippen LogP contribution in [0.4, 0.5) is 0 Å². The number of hydrogen-bond acceptors (Lipinski definition) is 3. The van der Waals surface area contributed by atoms with Crippen molar-refractivity contribution in [2.75, 3.05) is 26.2 Å². The smallest absolute Gasteiger partial charge is 0.308 e. The topological polar surface area (TPSA) is 60.9 Å². The molecule has 0 spiro atoms. The Hall–Kier alpha value is -1.88. The molecule has 1 aromatic carbocycles. The van der Waals surface area contributed by atoms with Crippen LogP contribution in [0, 0.1) is 11.8 Å². The number of hydrogen-bond donors (Lipinski definition) is 1. The summed E-state index contributed by atoms with van der Waals surface area (Å²) in [5.74, 6) is -1.01. The van der Waals surface area contributed by atoms with Crippen LogP contribution in [0.15, 0.2) is 30.3 Å². The van der Waals surface area contributed by atoms with Gasteiger partial charge in [-0.3, -0.25) is 14.5 Å². The summed E-state index contributed by atoms with van der Waals surface area (Å²) in [7, 11) is 0. The van der Waals surface area contributed by atoms with Crippen molar-refractivity contribution in [3.63, 3.8) is 0 Å². The lowest BCUT2D eigenvalue weighted by Crippen LogP contribution is -2.44. The van der Waals surface area contributed by atoms with Crippen LogP contribution in [0.3, 0.4) is 0 Å². The van der Waals surface area contributed by atoms with Crippen LogP contribution >= 0.6 is 0 Å². The second-order valence-electron chi connectivity index (χ2n) is 6.67. The summed E-state index contributed by atoms with van der Waals surface area (Å²) >= 11 is 0. The molecule has 2 atom stereocenters. The lowest BCUT2D eigenvalue weighted by atomic mass is 9.96. The van der Waals surface area contributed by atoms with Gasteiger partial charge >= 0.3 is 5.97 Å². The molecule has 2 heterocycles. The summed E-state index contributed by atoms with van der Waals surface area (Å²) < 4.78 is 0. The number of rotatable bonds is 4. The third kappa shape index (κ3) is 3.91. The number of likely N-dealkylation sites (tertiary alicyclic amines) is 2. The zero-order valence-corrected chi connectivity index (χ0v) is 13.4. The highest BCUT2D eigenvalue weighted by atomic mass is 16.4. The van der Waals surface area contributed by atoms with Gasteiger partial charge in [0.25, 0.3) is 0 Å². The van der Waals surface area contributed by atoms with E-state index >= 15 is 0 Å². The quantitative estimate of drug-likeness (QED) is 0.920. The molecule has 2 aliphatic heterocycles. The number of nitrogens with zero attached hydrogens (tertiary/aromatic N) is 2. The van der Waals surface area contributed by atoms with Crippen LogP contribution in [0.25, 0.3) is 0 Å². The zero-order valence-electron chi connectivity index (χ0n) is 13.4. The molecule has 1 aromatic rings. The van der Waals surface area contributed by atoms with E-state index in [0.717, 1.165) is 32.5 Å². The van der Waals surface area contributed by atoms with E-state index in [0.29, 0.717) is 19.5 Å². The molecule has 0 aromatic heterocycles. The fourth-order valence-electron chi connectivity index (χ4n) is 3.66. The molecule has 1 amide bonds. The Morgan fingerprint density at radius 2 is 1.83 bits per heavy atom. The Labute approximate surface area is 136 Å². The van der Waals surface area contributed by atoms with Crippen LogP contribution in [-0.4, -0.2) is 53.0 Å². The van der Waals surface area contributed by atoms with Crippen molar-refractivity contribution in [1.82, 2.24) is 9.80 Å². The van der Waals surface area contributed by atoms with Crippen molar-refractivity contribution >= 4 is 11.9 Å². The highest BCUT2D eigenvalue weighted by Gasteiger charge is 2.35. The average Bonchev–Trinajstić information content (AvgIpc) is 3.06. The number of carboxylic acids is 1. The molecule has 5 nitrogen and oxygen atoms in total. The molecule has 5 heteroatoms. The number of benzene rings is 1. The van der Waals surface area contributed by atoms with E-state index in [4.69, 9.17) is 5.11 Å². The fraction of sp³-hybridized carbons (Fsp3) is 0.556. The Balaban J connectivity index is 1.56. The van der Waals surface area contributed by atoms with E-state index in [1.165, 1.54) is 5.56 Å². The molecular formula is C18H24N2O3. The maximum atomic E-state index is 12.7. The van der Waals surface area contributed by atoms with E-state index in [1.54, 1.807) is 4.90 Å². The van der Waals surface area contributed by atoms with Crippen LogP contribution in [-0.2, 0) is 16.1 Å². The van der Waals surface area contributed by atoms with Gasteiger partial charge in [0.05, 0.1) is 11.8 Å². The molecule has 0 radical (unpaired) electrons. The first-order valence-corrected chi connectivity index (χ1v) is 8.41. The number of piperidine rings is 1. The largest absolute Gasteiger partial charge is 0.481 e. The van der Waals surface area contributed by atoms with Gasteiger partial charge in [0.2, 0.25) is 5.91 Å². The van der Waals surface area contributed by atoms with Gasteiger partial charge in [-0.25, -0.2) is 0 Å². The zero-order chi connectivity index (χ0) is 16.2. The van der Waals surface area contributed by atoms with Gasteiger partial charge < -0.3 is 10.0 Å². The third-order valence-corrected chi connectivity index (χ3v) is 4.95. The summed E-state index contributed by atoms with van der Waals surface area (Å²) in [6.45, 7) is 3.65. The van der Waals surface area contributed by atoms with Gasteiger partial charge in [0, 0.05) is 26.2 Å². The van der Waals surface area contributed by atoms with Crippen LogP contribution in [0.2, 0.25) is 0 Å². The lowest BCUT2D eigenvalue weighted by Gasteiger charge is -2.34. The van der Waals surface area contributed by atoms with E-state index in [9.17, 15) is 9.59 Å². The third-order valence-electron chi connectivity index (χ3n) is 4.95. The average molecular weight is 316 g/mol. The molecule has 3 rings (SSSR count). The minimum Gasteiger partial charge on any atom is -0.481 e. The summed E-state index contributed by atoms with van der Waals surface area (Å²) in [6, 6.07) is 10.3. The first-order valence-electron chi connectivity index (χ1n) is 8.41. The van der Waals surface area contributed by atoms with Crippen molar-refractivity contribution < 1.29 is 14.7 Å². The lowest BCUT2D eigenvalue weighted by molar-refractivity contribution is -0.142. The van der Waals surface area contributed by atoms with Crippen molar-refractivity contribution in [1.29, 1.82) is 0 Å². The number of carbonyl (C=O) groups is 2. The highest BCUT2D eigenvalue weighted by molar-refractivity contribution is 5.81. The SMILES string of the molecule is O=C(O)[C@@H]1CCN(C(=O)[C@@H]2CCCN(Cc3ccccc3)C2)C1. The summed E-state index contributed by atoms with van der Waals surface area (Å²) in [5, 5.41) is 9.08. The maximum absolute atomic E-state index is 12.7. The van der Waals surface area contributed by atoms with Crippen molar-refractivity contribution in [2.45, 2.75) is 25.8 Å². The Morgan fingerprint density at radius 1 is 1.04 bits per heavy atom.